The first-order valence-electron chi connectivity index (χ1n) is 12.7. The van der Waals surface area contributed by atoms with E-state index in [0.29, 0.717) is 30.2 Å². The minimum atomic E-state index is -0.843. The fourth-order valence-corrected chi connectivity index (χ4v) is 6.30. The smallest absolute Gasteiger partial charge is 0.296 e. The number of hydrogen-bond acceptors (Lipinski definition) is 6. The van der Waals surface area contributed by atoms with Crippen LogP contribution in [0.2, 0.25) is 0 Å². The molecule has 0 unspecified atom stereocenters. The molecule has 1 amide bonds. The van der Waals surface area contributed by atoms with Crippen molar-refractivity contribution in [2.24, 2.45) is 9.98 Å². The van der Waals surface area contributed by atoms with E-state index in [2.05, 4.69) is 15.9 Å². The lowest BCUT2D eigenvalue weighted by Crippen LogP contribution is -2.57. The van der Waals surface area contributed by atoms with Crippen molar-refractivity contribution in [3.63, 3.8) is 0 Å². The summed E-state index contributed by atoms with van der Waals surface area (Å²) in [6.07, 6.45) is 1.86. The molecule has 3 heterocycles. The van der Waals surface area contributed by atoms with Gasteiger partial charge in [-0.2, -0.15) is 10.3 Å². The Kier molecular flexibility index (Phi) is 6.56. The molecule has 1 atom stereocenters. The highest BCUT2D eigenvalue weighted by atomic mass is 32.1. The SMILES string of the molecule is C[C@H]1CN(C(=NC#N)c2ccccc2)CCN1C(=O)C(=O)C1=C=Nc2c(-c3cc4ccccc4s3)ccc(F)c21. The topological polar surface area (TPSA) is 89.1 Å². The van der Waals surface area contributed by atoms with Gasteiger partial charge in [0.05, 0.1) is 11.3 Å². The highest BCUT2D eigenvalue weighted by Crippen LogP contribution is 2.44. The zero-order valence-electron chi connectivity index (χ0n) is 21.5. The van der Waals surface area contributed by atoms with E-state index in [4.69, 9.17) is 0 Å². The fourth-order valence-electron chi connectivity index (χ4n) is 5.21. The normalized spacial score (nSPS) is 16.6. The van der Waals surface area contributed by atoms with Crippen molar-refractivity contribution >= 4 is 56.1 Å². The van der Waals surface area contributed by atoms with Gasteiger partial charge in [-0.15, -0.1) is 11.3 Å². The largest absolute Gasteiger partial charge is 0.352 e. The Morgan fingerprint density at radius 1 is 1.10 bits per heavy atom. The molecule has 0 N–H and O–H groups in total. The Hall–Kier alpha value is -4.90. The number of nitriles is 1. The summed E-state index contributed by atoms with van der Waals surface area (Å²) in [5, 5.41) is 10.3. The van der Waals surface area contributed by atoms with Crippen LogP contribution in [0.25, 0.3) is 26.1 Å². The zero-order valence-corrected chi connectivity index (χ0v) is 22.3. The van der Waals surface area contributed by atoms with Crippen LogP contribution in [0.15, 0.2) is 82.8 Å². The van der Waals surface area contributed by atoms with E-state index >= 15 is 4.39 Å². The molecular weight excluding hydrogens is 525 g/mol. The third-order valence-electron chi connectivity index (χ3n) is 7.14. The van der Waals surface area contributed by atoms with Crippen molar-refractivity contribution in [1.29, 1.82) is 5.26 Å². The second-order valence-electron chi connectivity index (χ2n) is 9.59. The number of nitrogens with zero attached hydrogens (tertiary/aromatic N) is 5. The molecule has 40 heavy (non-hydrogen) atoms. The van der Waals surface area contributed by atoms with Crippen LogP contribution < -0.4 is 0 Å². The molecule has 7 nitrogen and oxygen atoms in total. The van der Waals surface area contributed by atoms with Gasteiger partial charge in [0.2, 0.25) is 6.19 Å². The predicted octanol–water partition coefficient (Wildman–Crippen LogP) is 5.44. The molecule has 3 aromatic carbocycles. The number of aliphatic imine (C=N–C) groups is 2. The van der Waals surface area contributed by atoms with Crippen molar-refractivity contribution in [3.8, 4) is 16.6 Å². The molecular formula is C31H22FN5O2S. The molecule has 0 saturated carbocycles. The third kappa shape index (κ3) is 4.39. The molecule has 9 heteroatoms. The van der Waals surface area contributed by atoms with Gasteiger partial charge in [-0.3, -0.25) is 9.59 Å². The van der Waals surface area contributed by atoms with Crippen LogP contribution in [-0.2, 0) is 9.59 Å². The maximum absolute atomic E-state index is 15.1. The first-order chi connectivity index (χ1) is 19.5. The first kappa shape index (κ1) is 25.4. The molecule has 4 aromatic rings. The Labute approximate surface area is 233 Å². The van der Waals surface area contributed by atoms with Gasteiger partial charge in [0.25, 0.3) is 11.7 Å². The summed E-state index contributed by atoms with van der Waals surface area (Å²) in [4.78, 5) is 39.4. The maximum Gasteiger partial charge on any atom is 0.296 e. The van der Waals surface area contributed by atoms with Crippen molar-refractivity contribution in [2.45, 2.75) is 13.0 Å². The lowest BCUT2D eigenvalue weighted by molar-refractivity contribution is -0.144. The number of benzene rings is 3. The number of carbonyl (C=O) groups excluding carboxylic acids is 2. The Morgan fingerprint density at radius 3 is 2.62 bits per heavy atom. The maximum atomic E-state index is 15.1. The monoisotopic (exact) mass is 547 g/mol. The van der Waals surface area contributed by atoms with E-state index in [0.717, 1.165) is 20.5 Å². The molecule has 1 fully saturated rings. The number of piperazine rings is 1. The minimum absolute atomic E-state index is 0.00659. The Morgan fingerprint density at radius 2 is 1.88 bits per heavy atom. The predicted molar refractivity (Wildman–Crippen MR) is 154 cm³/mol. The number of halogens is 1. The number of amidine groups is 1. The molecule has 1 aromatic heterocycles. The van der Waals surface area contributed by atoms with E-state index < -0.39 is 17.5 Å². The van der Waals surface area contributed by atoms with Crippen LogP contribution in [0, 0.1) is 17.3 Å². The number of rotatable bonds is 4. The van der Waals surface area contributed by atoms with Crippen LogP contribution in [0.4, 0.5) is 10.1 Å². The second-order valence-corrected chi connectivity index (χ2v) is 10.7. The Balaban J connectivity index is 1.23. The third-order valence-corrected chi connectivity index (χ3v) is 8.29. The highest BCUT2D eigenvalue weighted by Gasteiger charge is 2.37. The molecule has 0 spiro atoms. The van der Waals surface area contributed by atoms with Crippen molar-refractivity contribution in [3.05, 3.63) is 89.7 Å². The summed E-state index contributed by atoms with van der Waals surface area (Å²) in [5.41, 5.74) is 1.63. The van der Waals surface area contributed by atoms with Crippen LogP contribution in [0.5, 0.6) is 0 Å². The van der Waals surface area contributed by atoms with E-state index in [9.17, 15) is 14.9 Å². The van der Waals surface area contributed by atoms with E-state index in [1.807, 2.05) is 78.7 Å². The number of Topliss-reactive ketones (excluding diaryl/α,β-unsaturated/α-hetero) is 1. The minimum Gasteiger partial charge on any atom is -0.352 e. The number of carbonyl (C=O) groups is 2. The fraction of sp³-hybridized carbons (Fsp3) is 0.161. The molecule has 2 aliphatic heterocycles. The van der Waals surface area contributed by atoms with Gasteiger partial charge in [0.15, 0.2) is 0 Å². The molecule has 0 radical (unpaired) electrons. The summed E-state index contributed by atoms with van der Waals surface area (Å²) in [5.74, 6) is 0.969. The average molecular weight is 548 g/mol. The van der Waals surface area contributed by atoms with Crippen molar-refractivity contribution in [2.75, 3.05) is 19.6 Å². The van der Waals surface area contributed by atoms with E-state index in [1.165, 1.54) is 11.0 Å². The standard InChI is InChI=1S/C31H22FN5O2S/c1-19-17-36(30(35-18-33)20-7-3-2-4-8-20)13-14-37(19)31(39)29(38)23-16-34-28-22(11-12-24(32)27(23)28)26-15-21-9-5-6-10-25(21)40-26/h2-12,15,19H,13-14,17H2,1H3/t19-/m0/s1. The van der Waals surface area contributed by atoms with Crippen LogP contribution in [0.1, 0.15) is 18.1 Å². The number of fused-ring (bicyclic) bond motifs is 2. The summed E-state index contributed by atoms with van der Waals surface area (Å²) in [6.45, 7) is 2.83. The average Bonchev–Trinajstić information content (AvgIpc) is 3.61. The van der Waals surface area contributed by atoms with Gasteiger partial charge in [-0.25, -0.2) is 9.38 Å². The molecule has 6 rings (SSSR count). The van der Waals surface area contributed by atoms with Crippen LogP contribution >= 0.6 is 11.3 Å². The lowest BCUT2D eigenvalue weighted by atomic mass is 9.97. The van der Waals surface area contributed by atoms with Gasteiger partial charge >= 0.3 is 0 Å². The quantitative estimate of drug-likeness (QED) is 0.147. The van der Waals surface area contributed by atoms with Gasteiger partial charge < -0.3 is 9.80 Å². The Bertz CT molecular complexity index is 1780. The zero-order chi connectivity index (χ0) is 27.8. The molecule has 0 aliphatic carbocycles. The van der Waals surface area contributed by atoms with Crippen LogP contribution in [-0.4, -0.2) is 58.9 Å². The number of amides is 1. The first-order valence-corrected chi connectivity index (χ1v) is 13.6. The molecule has 2 aliphatic rings. The number of hydrogen-bond donors (Lipinski definition) is 0. The molecule has 196 valence electrons. The van der Waals surface area contributed by atoms with Gasteiger partial charge in [-0.1, -0.05) is 48.5 Å². The molecule has 0 bridgehead atoms. The van der Waals surface area contributed by atoms with E-state index in [-0.39, 0.29) is 23.7 Å². The summed E-state index contributed by atoms with van der Waals surface area (Å²) in [7, 11) is 0. The molecule has 1 saturated heterocycles. The van der Waals surface area contributed by atoms with E-state index in [1.54, 1.807) is 17.4 Å². The van der Waals surface area contributed by atoms with Gasteiger partial charge in [-0.05, 0) is 36.6 Å². The van der Waals surface area contributed by atoms with Crippen LogP contribution in [0.3, 0.4) is 0 Å². The van der Waals surface area contributed by atoms with Gasteiger partial charge in [0.1, 0.15) is 17.2 Å². The number of thiophene rings is 1. The van der Waals surface area contributed by atoms with Crippen molar-refractivity contribution < 1.29 is 14.0 Å². The highest BCUT2D eigenvalue weighted by molar-refractivity contribution is 7.22. The van der Waals surface area contributed by atoms with Crippen molar-refractivity contribution in [1.82, 2.24) is 9.80 Å². The lowest BCUT2D eigenvalue weighted by Gasteiger charge is -2.40. The summed E-state index contributed by atoms with van der Waals surface area (Å²) in [6, 6.07) is 21.9. The van der Waals surface area contributed by atoms with Gasteiger partial charge in [0, 0.05) is 52.2 Å². The second kappa shape index (κ2) is 10.3. The summed E-state index contributed by atoms with van der Waals surface area (Å²) < 4.78 is 16.2. The number of ketones is 1. The summed E-state index contributed by atoms with van der Waals surface area (Å²) >= 11 is 1.55.